The van der Waals surface area contributed by atoms with Crippen LogP contribution >= 0.6 is 11.3 Å². The average Bonchev–Trinajstić information content (AvgIpc) is 2.95. The molecule has 2 aromatic carbocycles. The molecule has 0 radical (unpaired) electrons. The van der Waals surface area contributed by atoms with Crippen LogP contribution in [0.3, 0.4) is 0 Å². The summed E-state index contributed by atoms with van der Waals surface area (Å²) in [6.45, 7) is 0. The predicted molar refractivity (Wildman–Crippen MR) is 96.4 cm³/mol. The molecule has 0 saturated heterocycles. The molecule has 12 nitrogen and oxygen atoms in total. The van der Waals surface area contributed by atoms with Gasteiger partial charge in [0.15, 0.2) is 0 Å². The Morgan fingerprint density at radius 3 is 2.11 bits per heavy atom. The Balaban J connectivity index is 2.18. The number of aromatic nitrogens is 1. The fourth-order valence-electron chi connectivity index (χ4n) is 2.40. The first-order chi connectivity index (χ1) is 12.8. The van der Waals surface area contributed by atoms with Crippen LogP contribution in [0.4, 0.5) is 22.7 Å². The summed E-state index contributed by atoms with van der Waals surface area (Å²) in [5, 5.41) is 37.5. The number of non-ortho nitro benzene ring substituents is 1. The number of para-hydroxylation sites is 1. The Morgan fingerprint density at radius 2 is 1.59 bits per heavy atom. The zero-order valence-electron chi connectivity index (χ0n) is 13.6. The first-order valence-corrected chi connectivity index (χ1v) is 8.06. The number of anilines is 1. The second-order valence-electron chi connectivity index (χ2n) is 5.27. The van der Waals surface area contributed by atoms with Crippen LogP contribution in [0.1, 0.15) is 0 Å². The lowest BCUT2D eigenvalue weighted by Gasteiger charge is -2.03. The van der Waals surface area contributed by atoms with Gasteiger partial charge in [-0.2, -0.15) is 0 Å². The van der Waals surface area contributed by atoms with E-state index in [1.807, 2.05) is 24.3 Å². The number of fused-ring (bicyclic) bond motifs is 1. The van der Waals surface area contributed by atoms with E-state index in [4.69, 9.17) is 0 Å². The summed E-state index contributed by atoms with van der Waals surface area (Å²) in [6, 6.07) is 8.67. The van der Waals surface area contributed by atoms with Gasteiger partial charge in [0, 0.05) is 7.05 Å². The second-order valence-corrected chi connectivity index (χ2v) is 6.27. The van der Waals surface area contributed by atoms with Crippen LogP contribution in [0, 0.1) is 30.3 Å². The molecule has 0 amide bonds. The van der Waals surface area contributed by atoms with Crippen LogP contribution in [0.15, 0.2) is 41.5 Å². The van der Waals surface area contributed by atoms with Gasteiger partial charge in [-0.05, 0) is 12.1 Å². The number of nitrogens with zero attached hydrogens (tertiary/aromatic N) is 5. The molecule has 0 aliphatic carbocycles. The third kappa shape index (κ3) is 3.30. The highest BCUT2D eigenvalue weighted by atomic mass is 32.1. The van der Waals surface area contributed by atoms with Crippen molar-refractivity contribution in [1.82, 2.24) is 4.57 Å². The number of nitrogens with one attached hydrogen (secondary N) is 1. The molecule has 0 fully saturated rings. The molecule has 3 aromatic rings. The molecule has 138 valence electrons. The molecule has 1 aromatic heterocycles. The number of aryl methyl sites for hydroxylation is 1. The topological polar surface area (TPSA) is 159 Å². The van der Waals surface area contributed by atoms with Gasteiger partial charge in [0.25, 0.3) is 5.69 Å². The Morgan fingerprint density at radius 1 is 1.00 bits per heavy atom. The van der Waals surface area contributed by atoms with Crippen LogP contribution in [0.25, 0.3) is 10.2 Å². The minimum absolute atomic E-state index is 0.401. The van der Waals surface area contributed by atoms with Crippen molar-refractivity contribution in [3.63, 3.8) is 0 Å². The van der Waals surface area contributed by atoms with Crippen LogP contribution in [-0.4, -0.2) is 19.3 Å². The molecule has 0 unspecified atom stereocenters. The maximum absolute atomic E-state index is 11.3. The Bertz CT molecular complexity index is 1130. The van der Waals surface area contributed by atoms with Crippen molar-refractivity contribution in [3.8, 4) is 0 Å². The SMILES string of the molecule is Cn1/c(=N/Nc2c([N+](=O)[O-])cc([N+](=O)[O-])cc2[N+](=O)[O-])sc2ccccc21. The molecule has 13 heteroatoms. The standard InChI is InChI=1S/C14H10N6O6S/c1-17-9-4-2-3-5-12(9)27-14(17)16-15-13-10(19(23)24)6-8(18(21)22)7-11(13)20(25)26/h2-7,15H,1H3/b16-14-. The van der Waals surface area contributed by atoms with E-state index in [1.54, 1.807) is 11.6 Å². The van der Waals surface area contributed by atoms with Crippen molar-refractivity contribution < 1.29 is 14.8 Å². The summed E-state index contributed by atoms with van der Waals surface area (Å²) in [5.74, 6) is 0. The highest BCUT2D eigenvalue weighted by Crippen LogP contribution is 2.38. The third-order valence-electron chi connectivity index (χ3n) is 3.66. The minimum atomic E-state index is -0.942. The van der Waals surface area contributed by atoms with Gasteiger partial charge in [0.2, 0.25) is 10.5 Å². The molecule has 0 bridgehead atoms. The lowest BCUT2D eigenvalue weighted by molar-refractivity contribution is -0.401. The van der Waals surface area contributed by atoms with Crippen molar-refractivity contribution in [3.05, 3.63) is 71.5 Å². The summed E-state index contributed by atoms with van der Waals surface area (Å²) in [7, 11) is 1.72. The molecule has 1 N–H and O–H groups in total. The number of rotatable bonds is 5. The van der Waals surface area contributed by atoms with E-state index in [-0.39, 0.29) is 0 Å². The summed E-state index contributed by atoms with van der Waals surface area (Å²) < 4.78 is 2.60. The highest BCUT2D eigenvalue weighted by Gasteiger charge is 2.30. The lowest BCUT2D eigenvalue weighted by Crippen LogP contribution is -2.13. The Hall–Kier alpha value is -3.87. The van der Waals surface area contributed by atoms with Gasteiger partial charge in [0.1, 0.15) is 0 Å². The van der Waals surface area contributed by atoms with E-state index >= 15 is 0 Å². The predicted octanol–water partition coefficient (Wildman–Crippen LogP) is 2.89. The maximum atomic E-state index is 11.3. The van der Waals surface area contributed by atoms with E-state index in [1.165, 1.54) is 11.3 Å². The summed E-state index contributed by atoms with van der Waals surface area (Å²) >= 11 is 1.27. The van der Waals surface area contributed by atoms with E-state index in [9.17, 15) is 30.3 Å². The van der Waals surface area contributed by atoms with Gasteiger partial charge in [-0.25, -0.2) is 0 Å². The van der Waals surface area contributed by atoms with E-state index in [0.717, 1.165) is 10.2 Å². The summed E-state index contributed by atoms with van der Waals surface area (Å²) in [4.78, 5) is 31.0. The number of hydrogen-bond acceptors (Lipinski definition) is 9. The zero-order chi connectivity index (χ0) is 19.7. The number of nitro groups is 3. The first-order valence-electron chi connectivity index (χ1n) is 7.25. The monoisotopic (exact) mass is 390 g/mol. The van der Waals surface area contributed by atoms with Crippen LogP contribution in [0.2, 0.25) is 0 Å². The van der Waals surface area contributed by atoms with E-state index in [0.29, 0.717) is 16.9 Å². The average molecular weight is 390 g/mol. The van der Waals surface area contributed by atoms with Crippen LogP contribution in [-0.2, 0) is 7.05 Å². The van der Waals surface area contributed by atoms with Gasteiger partial charge in [-0.3, -0.25) is 35.8 Å². The fraction of sp³-hybridized carbons (Fsp3) is 0.0714. The van der Waals surface area contributed by atoms with Gasteiger partial charge in [-0.15, -0.1) is 5.10 Å². The van der Waals surface area contributed by atoms with Crippen LogP contribution in [0.5, 0.6) is 0 Å². The van der Waals surface area contributed by atoms with E-state index in [2.05, 4.69) is 10.5 Å². The Kier molecular flexibility index (Phi) is 4.51. The number of thiazole rings is 1. The molecule has 0 aliphatic rings. The largest absolute Gasteiger partial charge is 0.318 e. The molecule has 0 aliphatic heterocycles. The molecule has 0 spiro atoms. The highest BCUT2D eigenvalue weighted by molar-refractivity contribution is 7.16. The Labute approximate surface area is 153 Å². The normalized spacial score (nSPS) is 11.5. The first kappa shape index (κ1) is 17.9. The van der Waals surface area contributed by atoms with Gasteiger partial charge in [-0.1, -0.05) is 23.5 Å². The number of hydrogen-bond donors (Lipinski definition) is 1. The lowest BCUT2D eigenvalue weighted by atomic mass is 10.2. The molecular formula is C14H10N6O6S. The third-order valence-corrected chi connectivity index (χ3v) is 4.78. The van der Waals surface area contributed by atoms with Crippen molar-refractivity contribution in [2.45, 2.75) is 0 Å². The molecule has 0 atom stereocenters. The molecule has 1 heterocycles. The van der Waals surface area contributed by atoms with Crippen LogP contribution < -0.4 is 10.2 Å². The molecule has 27 heavy (non-hydrogen) atoms. The molecule has 0 saturated carbocycles. The maximum Gasteiger partial charge on any atom is 0.308 e. The van der Waals surface area contributed by atoms with Crippen molar-refractivity contribution in [1.29, 1.82) is 0 Å². The zero-order valence-corrected chi connectivity index (χ0v) is 14.4. The van der Waals surface area contributed by atoms with Crippen molar-refractivity contribution in [2.24, 2.45) is 12.1 Å². The summed E-state index contributed by atoms with van der Waals surface area (Å²) in [6.07, 6.45) is 0. The summed E-state index contributed by atoms with van der Waals surface area (Å²) in [5.41, 5.74) is 0.270. The van der Waals surface area contributed by atoms with E-state index < -0.39 is 37.5 Å². The van der Waals surface area contributed by atoms with Gasteiger partial charge < -0.3 is 4.57 Å². The quantitative estimate of drug-likeness (QED) is 0.518. The van der Waals surface area contributed by atoms with Crippen molar-refractivity contribution in [2.75, 3.05) is 5.43 Å². The van der Waals surface area contributed by atoms with Gasteiger partial charge in [0.05, 0.1) is 37.1 Å². The van der Waals surface area contributed by atoms with Gasteiger partial charge >= 0.3 is 11.4 Å². The number of nitro benzene ring substituents is 3. The number of benzene rings is 2. The fourth-order valence-corrected chi connectivity index (χ4v) is 3.38. The molecular weight excluding hydrogens is 380 g/mol. The second kappa shape index (κ2) is 6.80. The molecule has 3 rings (SSSR count). The minimum Gasteiger partial charge on any atom is -0.318 e. The smallest absolute Gasteiger partial charge is 0.308 e. The van der Waals surface area contributed by atoms with Crippen molar-refractivity contribution >= 4 is 44.3 Å².